The Morgan fingerprint density at radius 3 is 2.05 bits per heavy atom. The summed E-state index contributed by atoms with van der Waals surface area (Å²) in [6.45, 7) is 7.02. The summed E-state index contributed by atoms with van der Waals surface area (Å²) in [6.07, 6.45) is 1.70. The number of carbonyl (C=O) groups excluding carboxylic acids is 1. The summed E-state index contributed by atoms with van der Waals surface area (Å²) < 4.78 is 29.0. The summed E-state index contributed by atoms with van der Waals surface area (Å²) in [4.78, 5) is 11.4. The van der Waals surface area contributed by atoms with Gasteiger partial charge in [0.1, 0.15) is 5.88 Å². The van der Waals surface area contributed by atoms with Crippen molar-refractivity contribution in [2.75, 3.05) is 17.9 Å². The van der Waals surface area contributed by atoms with Gasteiger partial charge in [0.15, 0.2) is 0 Å². The van der Waals surface area contributed by atoms with Crippen LogP contribution in [-0.2, 0) is 23.1 Å². The molecule has 0 aliphatic rings. The van der Waals surface area contributed by atoms with E-state index in [1.165, 1.54) is 0 Å². The van der Waals surface area contributed by atoms with Gasteiger partial charge in [-0.25, -0.2) is 0 Å². The third-order valence-electron chi connectivity index (χ3n) is 2.01. The number of alkyl halides is 1. The molecule has 8 heteroatoms. The van der Waals surface area contributed by atoms with Crippen LogP contribution in [0.1, 0.15) is 34.1 Å². The maximum atomic E-state index is 12.9. The predicted octanol–water partition coefficient (Wildman–Crippen LogP) is 3.89. The molecule has 0 unspecified atom stereocenters. The van der Waals surface area contributed by atoms with E-state index in [1.807, 2.05) is 6.26 Å². The molecule has 0 aliphatic carbocycles. The Morgan fingerprint density at radius 2 is 1.70 bits per heavy atom. The molecular formula is C12H24ClO5PS. The topological polar surface area (TPSA) is 61.8 Å². The van der Waals surface area contributed by atoms with E-state index in [2.05, 4.69) is 0 Å². The molecular weight excluding hydrogens is 323 g/mol. The van der Waals surface area contributed by atoms with Gasteiger partial charge in [-0.05, 0) is 39.7 Å². The number of thioether (sulfide) groups is 1. The lowest BCUT2D eigenvalue weighted by atomic mass is 10.5. The average Bonchev–Trinajstić information content (AvgIpc) is 2.31. The first-order valence-corrected chi connectivity index (χ1v) is 10.00. The van der Waals surface area contributed by atoms with Crippen molar-refractivity contribution in [2.24, 2.45) is 0 Å². The first kappa shape index (κ1) is 20.3. The molecule has 5 nitrogen and oxygen atoms in total. The minimum Gasteiger partial charge on any atom is -0.448 e. The summed E-state index contributed by atoms with van der Waals surface area (Å²) >= 11 is 7.00. The van der Waals surface area contributed by atoms with Crippen molar-refractivity contribution in [3.05, 3.63) is 0 Å². The first-order chi connectivity index (χ1) is 9.25. The summed E-state index contributed by atoms with van der Waals surface area (Å²) in [5, 5.41) is 0. The maximum absolute atomic E-state index is 12.9. The van der Waals surface area contributed by atoms with Gasteiger partial charge in [-0.1, -0.05) is 0 Å². The van der Waals surface area contributed by atoms with Crippen LogP contribution in [-0.4, -0.2) is 41.9 Å². The molecule has 0 radical (unpaired) electrons. The molecule has 0 aliphatic heterocycles. The van der Waals surface area contributed by atoms with Gasteiger partial charge in [-0.3, -0.25) is 9.36 Å². The minimum absolute atomic E-state index is 0.293. The molecule has 0 N–H and O–H groups in total. The zero-order valence-electron chi connectivity index (χ0n) is 12.6. The lowest BCUT2D eigenvalue weighted by Gasteiger charge is -2.29. The fourth-order valence-electron chi connectivity index (χ4n) is 1.43. The predicted molar refractivity (Wildman–Crippen MR) is 83.6 cm³/mol. The molecule has 0 rings (SSSR count). The first-order valence-electron chi connectivity index (χ1n) is 6.46. The third-order valence-corrected chi connectivity index (χ3v) is 5.38. The summed E-state index contributed by atoms with van der Waals surface area (Å²) in [6, 6.07) is 0. The van der Waals surface area contributed by atoms with Crippen LogP contribution in [0.15, 0.2) is 0 Å². The van der Waals surface area contributed by atoms with Crippen LogP contribution < -0.4 is 0 Å². The Kier molecular flexibility index (Phi) is 10.2. The van der Waals surface area contributed by atoms with Gasteiger partial charge in [0.25, 0.3) is 0 Å². The van der Waals surface area contributed by atoms with Gasteiger partial charge < -0.3 is 13.8 Å². The van der Waals surface area contributed by atoms with E-state index < -0.39 is 19.4 Å². The molecule has 0 amide bonds. The monoisotopic (exact) mass is 346 g/mol. The number of hydrogen-bond acceptors (Lipinski definition) is 6. The van der Waals surface area contributed by atoms with E-state index >= 15 is 0 Å². The second-order valence-corrected chi connectivity index (χ2v) is 8.04. The van der Waals surface area contributed by atoms with Crippen molar-refractivity contribution in [3.8, 4) is 0 Å². The highest BCUT2D eigenvalue weighted by Gasteiger charge is 2.40. The van der Waals surface area contributed by atoms with Crippen LogP contribution in [0.25, 0.3) is 0 Å². The summed E-state index contributed by atoms with van der Waals surface area (Å²) in [7, 11) is -3.55. The average molecular weight is 347 g/mol. The van der Waals surface area contributed by atoms with Crippen LogP contribution in [0.5, 0.6) is 0 Å². The molecule has 0 spiro atoms. The highest BCUT2D eigenvalue weighted by Crippen LogP contribution is 2.56. The van der Waals surface area contributed by atoms with Crippen molar-refractivity contribution in [1.82, 2.24) is 0 Å². The lowest BCUT2D eigenvalue weighted by Crippen LogP contribution is -2.25. The van der Waals surface area contributed by atoms with Crippen LogP contribution in [0.3, 0.4) is 0 Å². The summed E-state index contributed by atoms with van der Waals surface area (Å²) in [5.41, 5.74) is 0. The number of ether oxygens (including phenoxy) is 1. The second-order valence-electron chi connectivity index (χ2n) is 4.71. The highest BCUT2D eigenvalue weighted by molar-refractivity contribution is 7.98. The van der Waals surface area contributed by atoms with Crippen molar-refractivity contribution in [2.45, 2.75) is 52.2 Å². The normalized spacial score (nSPS) is 13.8. The summed E-state index contributed by atoms with van der Waals surface area (Å²) in [5.74, 6) is -1.17. The fraction of sp³-hybridized carbons (Fsp3) is 0.917. The Labute approximate surface area is 130 Å². The van der Waals surface area contributed by atoms with E-state index in [1.54, 1.807) is 39.5 Å². The third kappa shape index (κ3) is 7.89. The van der Waals surface area contributed by atoms with Crippen LogP contribution in [0, 0.1) is 0 Å². The van der Waals surface area contributed by atoms with E-state index in [0.29, 0.717) is 12.2 Å². The van der Waals surface area contributed by atoms with Crippen molar-refractivity contribution >= 4 is 36.9 Å². The van der Waals surface area contributed by atoms with E-state index in [9.17, 15) is 9.36 Å². The molecule has 0 aromatic rings. The quantitative estimate of drug-likeness (QED) is 0.340. The molecule has 0 saturated carbocycles. The molecule has 1 atom stereocenters. The molecule has 0 saturated heterocycles. The lowest BCUT2D eigenvalue weighted by molar-refractivity contribution is -0.143. The maximum Gasteiger partial charge on any atom is 0.371 e. The van der Waals surface area contributed by atoms with Crippen molar-refractivity contribution < 1.29 is 23.1 Å². The highest BCUT2D eigenvalue weighted by atomic mass is 35.5. The Balaban J connectivity index is 5.14. The van der Waals surface area contributed by atoms with Gasteiger partial charge in [0.05, 0.1) is 12.2 Å². The number of esters is 1. The smallest absolute Gasteiger partial charge is 0.371 e. The van der Waals surface area contributed by atoms with Gasteiger partial charge in [-0.2, -0.15) is 11.8 Å². The number of carbonyl (C=O) groups is 1. The SMILES string of the molecule is CSCC[C@H](OC(=O)CCl)P(=O)(OC(C)C)OC(C)C. The molecule has 0 fully saturated rings. The molecule has 20 heavy (non-hydrogen) atoms. The van der Waals surface area contributed by atoms with Gasteiger partial charge in [-0.15, -0.1) is 11.6 Å². The second kappa shape index (κ2) is 10.1. The van der Waals surface area contributed by atoms with Crippen molar-refractivity contribution in [3.63, 3.8) is 0 Å². The Morgan fingerprint density at radius 1 is 1.20 bits per heavy atom. The fourth-order valence-corrected chi connectivity index (χ4v) is 4.31. The molecule has 0 bridgehead atoms. The largest absolute Gasteiger partial charge is 0.448 e. The van der Waals surface area contributed by atoms with E-state index in [-0.39, 0.29) is 18.1 Å². The minimum atomic E-state index is -3.55. The van der Waals surface area contributed by atoms with Crippen LogP contribution >= 0.6 is 31.0 Å². The number of halogens is 1. The van der Waals surface area contributed by atoms with Crippen LogP contribution in [0.4, 0.5) is 0 Å². The van der Waals surface area contributed by atoms with Gasteiger partial charge >= 0.3 is 13.6 Å². The molecule has 120 valence electrons. The molecule has 0 aromatic carbocycles. The van der Waals surface area contributed by atoms with Crippen molar-refractivity contribution in [1.29, 1.82) is 0 Å². The molecule has 0 heterocycles. The number of hydrogen-bond donors (Lipinski definition) is 0. The van der Waals surface area contributed by atoms with E-state index in [0.717, 1.165) is 0 Å². The van der Waals surface area contributed by atoms with Gasteiger partial charge in [0, 0.05) is 6.42 Å². The Hall–Kier alpha value is 0.260. The van der Waals surface area contributed by atoms with Gasteiger partial charge in [0.2, 0.25) is 5.85 Å². The van der Waals surface area contributed by atoms with E-state index in [4.69, 9.17) is 25.4 Å². The zero-order chi connectivity index (χ0) is 15.8. The van der Waals surface area contributed by atoms with Crippen LogP contribution in [0.2, 0.25) is 0 Å². The zero-order valence-corrected chi connectivity index (χ0v) is 15.1. The Bertz CT molecular complexity index is 324. The molecule has 0 aromatic heterocycles. The number of rotatable bonds is 10. The standard InChI is InChI=1S/C12H24ClO5PS/c1-9(2)17-19(15,18-10(3)4)12(6-7-20-5)16-11(14)8-13/h9-10,12H,6-8H2,1-5H3/t12-/m1/s1.